The van der Waals surface area contributed by atoms with Crippen LogP contribution in [0.4, 0.5) is 5.82 Å². The third-order valence-corrected chi connectivity index (χ3v) is 4.12. The van der Waals surface area contributed by atoms with Gasteiger partial charge in [0.25, 0.3) is 0 Å². The van der Waals surface area contributed by atoms with E-state index in [0.29, 0.717) is 25.3 Å². The first-order valence-electron chi connectivity index (χ1n) is 7.27. The summed E-state index contributed by atoms with van der Waals surface area (Å²) in [5.74, 6) is 1.16. The van der Waals surface area contributed by atoms with E-state index in [1.807, 2.05) is 25.1 Å². The maximum atomic E-state index is 12.0. The van der Waals surface area contributed by atoms with Crippen LogP contribution in [0.5, 0.6) is 5.75 Å². The first kappa shape index (κ1) is 17.5. The van der Waals surface area contributed by atoms with E-state index in [1.54, 1.807) is 17.2 Å². The highest BCUT2D eigenvalue weighted by molar-refractivity contribution is 7.88. The maximum absolute atomic E-state index is 12.0. The van der Waals surface area contributed by atoms with Crippen LogP contribution in [0.2, 0.25) is 0 Å². The molecule has 2 heterocycles. The number of nitrogens with zero attached hydrogens (tertiary/aromatic N) is 3. The van der Waals surface area contributed by atoms with Crippen LogP contribution in [0.1, 0.15) is 6.42 Å². The third kappa shape index (κ3) is 5.07. The molecule has 0 saturated carbocycles. The normalized spacial score (nSPS) is 18.0. The predicted molar refractivity (Wildman–Crippen MR) is 87.0 cm³/mol. The topological polar surface area (TPSA) is 91.8 Å². The molecule has 23 heavy (non-hydrogen) atoms. The molecule has 1 aliphatic heterocycles. The third-order valence-electron chi connectivity index (χ3n) is 3.45. The molecule has 128 valence electrons. The van der Waals surface area contributed by atoms with Crippen LogP contribution in [-0.4, -0.2) is 70.3 Å². The highest BCUT2D eigenvalue weighted by Gasteiger charge is 2.28. The number of pyridine rings is 1. The molecule has 1 aromatic rings. The summed E-state index contributed by atoms with van der Waals surface area (Å²) in [5, 5.41) is 0. The van der Waals surface area contributed by atoms with Crippen LogP contribution >= 0.6 is 0 Å². The summed E-state index contributed by atoms with van der Waals surface area (Å²) >= 11 is 0. The van der Waals surface area contributed by atoms with E-state index >= 15 is 0 Å². The maximum Gasteiger partial charge on any atom is 0.237 e. The molecule has 0 aliphatic carbocycles. The standard InChI is InChI=1S/C14H22N4O4S/c1-17(2)14-12(5-4-7-15-14)22-11-6-8-18(10-11)13(19)9-16-23(3,20)21/h4-5,7,11,16H,6,8-10H2,1-3H3. The predicted octanol–water partition coefficient (Wildman–Crippen LogP) is -0.323. The zero-order valence-corrected chi connectivity index (χ0v) is 14.3. The second-order valence-corrected chi connectivity index (χ2v) is 7.51. The second-order valence-electron chi connectivity index (χ2n) is 5.68. The van der Waals surface area contributed by atoms with Gasteiger partial charge in [-0.2, -0.15) is 0 Å². The lowest BCUT2D eigenvalue weighted by Crippen LogP contribution is -2.39. The summed E-state index contributed by atoms with van der Waals surface area (Å²) in [4.78, 5) is 19.7. The molecule has 1 amide bonds. The molecular formula is C14H22N4O4S. The summed E-state index contributed by atoms with van der Waals surface area (Å²) in [6, 6.07) is 3.65. The quantitative estimate of drug-likeness (QED) is 0.762. The van der Waals surface area contributed by atoms with Crippen LogP contribution in [0.3, 0.4) is 0 Å². The molecule has 0 bridgehead atoms. The number of anilines is 1. The fraction of sp³-hybridized carbons (Fsp3) is 0.571. The largest absolute Gasteiger partial charge is 0.485 e. The molecule has 8 nitrogen and oxygen atoms in total. The molecule has 1 atom stereocenters. The zero-order valence-electron chi connectivity index (χ0n) is 13.5. The van der Waals surface area contributed by atoms with Crippen molar-refractivity contribution >= 4 is 21.7 Å². The smallest absolute Gasteiger partial charge is 0.237 e. The van der Waals surface area contributed by atoms with E-state index in [4.69, 9.17) is 4.74 Å². The first-order valence-corrected chi connectivity index (χ1v) is 9.17. The number of likely N-dealkylation sites (tertiary alicyclic amines) is 1. The van der Waals surface area contributed by atoms with Crippen LogP contribution in [-0.2, 0) is 14.8 Å². The lowest BCUT2D eigenvalue weighted by atomic mass is 10.3. The van der Waals surface area contributed by atoms with Crippen molar-refractivity contribution in [1.29, 1.82) is 0 Å². The summed E-state index contributed by atoms with van der Waals surface area (Å²) in [7, 11) is 0.402. The average Bonchev–Trinajstić information content (AvgIpc) is 2.93. The molecule has 0 aromatic carbocycles. The van der Waals surface area contributed by atoms with Crippen LogP contribution < -0.4 is 14.4 Å². The number of hydrogen-bond acceptors (Lipinski definition) is 6. The molecule has 0 radical (unpaired) electrons. The Morgan fingerprint density at radius 1 is 1.52 bits per heavy atom. The lowest BCUT2D eigenvalue weighted by molar-refractivity contribution is -0.129. The van der Waals surface area contributed by atoms with Gasteiger partial charge < -0.3 is 14.5 Å². The average molecular weight is 342 g/mol. The van der Waals surface area contributed by atoms with Crippen molar-refractivity contribution < 1.29 is 17.9 Å². The SMILES string of the molecule is CN(C)c1ncccc1OC1CCN(C(=O)CNS(C)(=O)=O)C1. The molecule has 1 aliphatic rings. The van der Waals surface area contributed by atoms with Gasteiger partial charge in [-0.25, -0.2) is 18.1 Å². The van der Waals surface area contributed by atoms with Gasteiger partial charge in [0.1, 0.15) is 6.10 Å². The minimum atomic E-state index is -3.37. The fourth-order valence-corrected chi connectivity index (χ4v) is 2.73. The Hall–Kier alpha value is -1.87. The zero-order chi connectivity index (χ0) is 17.0. The van der Waals surface area contributed by atoms with Crippen molar-refractivity contribution in [3.8, 4) is 5.75 Å². The number of nitrogens with one attached hydrogen (secondary N) is 1. The van der Waals surface area contributed by atoms with E-state index in [2.05, 4.69) is 9.71 Å². The second kappa shape index (κ2) is 7.14. The molecule has 1 saturated heterocycles. The number of aromatic nitrogens is 1. The van der Waals surface area contributed by atoms with Gasteiger partial charge in [-0.1, -0.05) is 0 Å². The minimum Gasteiger partial charge on any atom is -0.485 e. The summed E-state index contributed by atoms with van der Waals surface area (Å²) in [6.45, 7) is 0.764. The van der Waals surface area contributed by atoms with E-state index in [1.165, 1.54) is 0 Å². The highest BCUT2D eigenvalue weighted by Crippen LogP contribution is 2.26. The molecule has 0 spiro atoms. The van der Waals surface area contributed by atoms with Gasteiger partial charge >= 0.3 is 0 Å². The Labute approximate surface area is 136 Å². The molecule has 1 N–H and O–H groups in total. The Morgan fingerprint density at radius 3 is 2.91 bits per heavy atom. The van der Waals surface area contributed by atoms with Gasteiger partial charge in [-0.15, -0.1) is 0 Å². The molecule has 1 aromatic heterocycles. The molecule has 2 rings (SSSR count). The van der Waals surface area contributed by atoms with E-state index in [-0.39, 0.29) is 18.6 Å². The van der Waals surface area contributed by atoms with Gasteiger partial charge in [0, 0.05) is 33.3 Å². The van der Waals surface area contributed by atoms with Crippen LogP contribution in [0.25, 0.3) is 0 Å². The molecule has 9 heteroatoms. The fourth-order valence-electron chi connectivity index (χ4n) is 2.35. The first-order chi connectivity index (χ1) is 10.8. The van der Waals surface area contributed by atoms with Gasteiger partial charge in [0.2, 0.25) is 15.9 Å². The van der Waals surface area contributed by atoms with E-state index in [0.717, 1.165) is 12.1 Å². The highest BCUT2D eigenvalue weighted by atomic mass is 32.2. The molecule has 1 fully saturated rings. The Balaban J connectivity index is 1.92. The number of carbonyl (C=O) groups is 1. The Kier molecular flexibility index (Phi) is 5.42. The van der Waals surface area contributed by atoms with Crippen molar-refractivity contribution in [3.05, 3.63) is 18.3 Å². The Morgan fingerprint density at radius 2 is 2.26 bits per heavy atom. The summed E-state index contributed by atoms with van der Waals surface area (Å²) in [6.07, 6.45) is 3.30. The van der Waals surface area contributed by atoms with E-state index in [9.17, 15) is 13.2 Å². The van der Waals surface area contributed by atoms with Gasteiger partial charge in [-0.3, -0.25) is 4.79 Å². The number of amides is 1. The van der Waals surface area contributed by atoms with Gasteiger partial charge in [0.05, 0.1) is 19.3 Å². The molecular weight excluding hydrogens is 320 g/mol. The van der Waals surface area contributed by atoms with Gasteiger partial charge in [-0.05, 0) is 12.1 Å². The molecule has 1 unspecified atom stereocenters. The minimum absolute atomic E-state index is 0.125. The Bertz CT molecular complexity index is 662. The van der Waals surface area contributed by atoms with Crippen molar-refractivity contribution in [1.82, 2.24) is 14.6 Å². The monoisotopic (exact) mass is 342 g/mol. The van der Waals surface area contributed by atoms with Crippen molar-refractivity contribution in [2.45, 2.75) is 12.5 Å². The lowest BCUT2D eigenvalue weighted by Gasteiger charge is -2.20. The van der Waals surface area contributed by atoms with Crippen molar-refractivity contribution in [2.75, 3.05) is 44.9 Å². The van der Waals surface area contributed by atoms with Crippen LogP contribution in [0, 0.1) is 0 Å². The summed E-state index contributed by atoms with van der Waals surface area (Å²) < 4.78 is 30.2. The number of rotatable bonds is 6. The van der Waals surface area contributed by atoms with Crippen molar-refractivity contribution in [2.24, 2.45) is 0 Å². The number of ether oxygens (including phenoxy) is 1. The number of carbonyl (C=O) groups excluding carboxylic acids is 1. The van der Waals surface area contributed by atoms with Crippen LogP contribution in [0.15, 0.2) is 18.3 Å². The number of sulfonamides is 1. The van der Waals surface area contributed by atoms with Crippen molar-refractivity contribution in [3.63, 3.8) is 0 Å². The summed E-state index contributed by atoms with van der Waals surface area (Å²) in [5.41, 5.74) is 0. The van der Waals surface area contributed by atoms with E-state index < -0.39 is 10.0 Å². The van der Waals surface area contributed by atoms with Gasteiger partial charge in [0.15, 0.2) is 11.6 Å². The number of hydrogen-bond donors (Lipinski definition) is 1.